The van der Waals surface area contributed by atoms with Gasteiger partial charge in [-0.1, -0.05) is 6.42 Å². The van der Waals surface area contributed by atoms with E-state index in [-0.39, 0.29) is 16.2 Å². The van der Waals surface area contributed by atoms with Gasteiger partial charge in [-0.05, 0) is 62.3 Å². The maximum Gasteiger partial charge on any atom is 0.256 e. The second-order valence-electron chi connectivity index (χ2n) is 8.06. The summed E-state index contributed by atoms with van der Waals surface area (Å²) in [5.74, 6) is -0.870. The first-order valence-electron chi connectivity index (χ1n) is 10.8. The van der Waals surface area contributed by atoms with Crippen molar-refractivity contribution in [2.24, 2.45) is 5.73 Å². The van der Waals surface area contributed by atoms with Crippen LogP contribution in [0.25, 0.3) is 0 Å². The number of nitrogens with two attached hydrogens (primary N) is 1. The number of aryl methyl sites for hydroxylation is 1. The lowest BCUT2D eigenvalue weighted by atomic mass is 10.1. The third-order valence-electron chi connectivity index (χ3n) is 6.00. The molecule has 2 aromatic rings. The van der Waals surface area contributed by atoms with Crippen LogP contribution in [0.1, 0.15) is 63.3 Å². The number of carbonyl (C=O) groups excluding carboxylic acids is 2. The Morgan fingerprint density at radius 3 is 2.50 bits per heavy atom. The van der Waals surface area contributed by atoms with Crippen molar-refractivity contribution in [2.45, 2.75) is 49.8 Å². The van der Waals surface area contributed by atoms with Crippen molar-refractivity contribution in [1.82, 2.24) is 4.31 Å². The minimum atomic E-state index is -3.78. The number of nitrogens with one attached hydrogen (secondary N) is 1. The molecule has 10 heteroatoms. The predicted molar refractivity (Wildman–Crippen MR) is 123 cm³/mol. The quantitative estimate of drug-likeness (QED) is 0.620. The fourth-order valence-corrected chi connectivity index (χ4v) is 7.34. The number of hydrogen-bond donors (Lipinski definition) is 2. The molecule has 0 unspecified atom stereocenters. The van der Waals surface area contributed by atoms with Gasteiger partial charge in [0, 0.05) is 23.5 Å². The van der Waals surface area contributed by atoms with Gasteiger partial charge in [0.15, 0.2) is 0 Å². The van der Waals surface area contributed by atoms with Gasteiger partial charge in [0.05, 0.1) is 12.7 Å². The molecule has 1 aliphatic heterocycles. The molecule has 0 radical (unpaired) electrons. The van der Waals surface area contributed by atoms with Crippen LogP contribution >= 0.6 is 11.3 Å². The van der Waals surface area contributed by atoms with Gasteiger partial charge in [-0.3, -0.25) is 9.59 Å². The number of benzene rings is 1. The largest absolute Gasteiger partial charge is 0.495 e. The first-order valence-corrected chi connectivity index (χ1v) is 13.0. The number of ether oxygens (including phenoxy) is 1. The normalized spacial score (nSPS) is 16.9. The number of carbonyl (C=O) groups is 2. The maximum absolute atomic E-state index is 13.1. The molecule has 2 aliphatic rings. The highest BCUT2D eigenvalue weighted by Crippen LogP contribution is 2.38. The van der Waals surface area contributed by atoms with Gasteiger partial charge in [0.2, 0.25) is 10.0 Å². The SMILES string of the molecule is COc1ccc(C(=O)Nc2sc3c(c2C(N)=O)CCCCC3)cc1S(=O)(=O)N1CCCC1. The van der Waals surface area contributed by atoms with E-state index >= 15 is 0 Å². The van der Waals surface area contributed by atoms with Gasteiger partial charge in [0.25, 0.3) is 11.8 Å². The summed E-state index contributed by atoms with van der Waals surface area (Å²) in [4.78, 5) is 26.3. The van der Waals surface area contributed by atoms with Crippen molar-refractivity contribution >= 4 is 38.2 Å². The van der Waals surface area contributed by atoms with E-state index in [4.69, 9.17) is 10.5 Å². The molecule has 172 valence electrons. The standard InChI is InChI=1S/C22H27N3O5S2/c1-30-16-10-9-14(13-18(16)32(28,29)25-11-5-6-12-25)21(27)24-22-19(20(23)26)15-7-3-2-4-8-17(15)31-22/h9-10,13H,2-8,11-12H2,1H3,(H2,23,26)(H,24,27). The Balaban J connectivity index is 1.67. The second kappa shape index (κ2) is 9.21. The van der Waals surface area contributed by atoms with Crippen LogP contribution in [0.3, 0.4) is 0 Å². The molecule has 3 N–H and O–H groups in total. The minimum Gasteiger partial charge on any atom is -0.495 e. The highest BCUT2D eigenvalue weighted by atomic mass is 32.2. The number of methoxy groups -OCH3 is 1. The lowest BCUT2D eigenvalue weighted by molar-refractivity contribution is 0.100. The molecule has 8 nitrogen and oxygen atoms in total. The number of thiophene rings is 1. The van der Waals surface area contributed by atoms with Crippen molar-refractivity contribution in [3.63, 3.8) is 0 Å². The van der Waals surface area contributed by atoms with Gasteiger partial charge >= 0.3 is 0 Å². The van der Waals surface area contributed by atoms with E-state index in [1.165, 1.54) is 41.0 Å². The number of anilines is 1. The third-order valence-corrected chi connectivity index (χ3v) is 9.13. The van der Waals surface area contributed by atoms with Gasteiger partial charge < -0.3 is 15.8 Å². The molecule has 2 heterocycles. The zero-order valence-corrected chi connectivity index (χ0v) is 19.6. The lowest BCUT2D eigenvalue weighted by Crippen LogP contribution is -2.28. The van der Waals surface area contributed by atoms with E-state index in [9.17, 15) is 18.0 Å². The van der Waals surface area contributed by atoms with E-state index in [2.05, 4.69) is 5.32 Å². The van der Waals surface area contributed by atoms with Crippen molar-refractivity contribution in [1.29, 1.82) is 0 Å². The van der Waals surface area contributed by atoms with Crippen LogP contribution in [0.5, 0.6) is 5.75 Å². The Morgan fingerprint density at radius 2 is 1.81 bits per heavy atom. The predicted octanol–water partition coefficient (Wildman–Crippen LogP) is 3.16. The molecule has 0 atom stereocenters. The van der Waals surface area contributed by atoms with E-state index in [1.807, 2.05) is 0 Å². The smallest absolute Gasteiger partial charge is 0.256 e. The van der Waals surface area contributed by atoms with E-state index < -0.39 is 21.8 Å². The molecule has 32 heavy (non-hydrogen) atoms. The van der Waals surface area contributed by atoms with Gasteiger partial charge in [-0.15, -0.1) is 11.3 Å². The molecule has 1 aromatic heterocycles. The van der Waals surface area contributed by atoms with Gasteiger partial charge in [-0.25, -0.2) is 8.42 Å². The van der Waals surface area contributed by atoms with Crippen LogP contribution in [0.15, 0.2) is 23.1 Å². The fraction of sp³-hybridized carbons (Fsp3) is 0.455. The molecule has 0 saturated carbocycles. The van der Waals surface area contributed by atoms with Crippen LogP contribution in [0.4, 0.5) is 5.00 Å². The zero-order chi connectivity index (χ0) is 22.9. The molecule has 0 spiro atoms. The highest BCUT2D eigenvalue weighted by Gasteiger charge is 2.31. The Morgan fingerprint density at radius 1 is 1.09 bits per heavy atom. The zero-order valence-electron chi connectivity index (χ0n) is 18.0. The van der Waals surface area contributed by atoms with Crippen LogP contribution in [0, 0.1) is 0 Å². The molecule has 1 saturated heterocycles. The Bertz CT molecular complexity index is 1150. The van der Waals surface area contributed by atoms with E-state index in [0.717, 1.165) is 55.4 Å². The first-order chi connectivity index (χ1) is 15.3. The Labute approximate surface area is 191 Å². The van der Waals surface area contributed by atoms with Crippen LogP contribution < -0.4 is 15.8 Å². The number of primary amides is 1. The first kappa shape index (κ1) is 22.8. The summed E-state index contributed by atoms with van der Waals surface area (Å²) >= 11 is 1.38. The average molecular weight is 478 g/mol. The van der Waals surface area contributed by atoms with Crippen LogP contribution in [0.2, 0.25) is 0 Å². The van der Waals surface area contributed by atoms with Crippen molar-refractivity contribution in [3.8, 4) is 5.75 Å². The summed E-state index contributed by atoms with van der Waals surface area (Å²) in [6.07, 6.45) is 6.35. The maximum atomic E-state index is 13.1. The molecule has 4 rings (SSSR count). The molecule has 1 aromatic carbocycles. The molecule has 2 amide bonds. The Kier molecular flexibility index (Phi) is 6.55. The lowest BCUT2D eigenvalue weighted by Gasteiger charge is -2.18. The summed E-state index contributed by atoms with van der Waals surface area (Å²) in [6, 6.07) is 4.33. The van der Waals surface area contributed by atoms with Crippen molar-refractivity contribution < 1.29 is 22.7 Å². The molecule has 1 fully saturated rings. The van der Waals surface area contributed by atoms with E-state index in [0.29, 0.717) is 23.7 Å². The molecular formula is C22H27N3O5S2. The summed E-state index contributed by atoms with van der Waals surface area (Å²) in [5, 5.41) is 3.23. The number of amides is 2. The molecular weight excluding hydrogens is 450 g/mol. The van der Waals surface area contributed by atoms with Crippen LogP contribution in [-0.2, 0) is 22.9 Å². The monoisotopic (exact) mass is 477 g/mol. The van der Waals surface area contributed by atoms with Crippen molar-refractivity contribution in [2.75, 3.05) is 25.5 Å². The van der Waals surface area contributed by atoms with Gasteiger partial charge in [-0.2, -0.15) is 4.31 Å². The number of fused-ring (bicyclic) bond motifs is 1. The molecule has 0 bridgehead atoms. The Hall–Kier alpha value is -2.43. The summed E-state index contributed by atoms with van der Waals surface area (Å²) in [6.45, 7) is 0.898. The third kappa shape index (κ3) is 4.26. The van der Waals surface area contributed by atoms with Crippen LogP contribution in [-0.4, -0.2) is 44.7 Å². The number of rotatable bonds is 6. The van der Waals surface area contributed by atoms with Gasteiger partial charge in [0.1, 0.15) is 15.6 Å². The number of sulfonamides is 1. The van der Waals surface area contributed by atoms with E-state index in [1.54, 1.807) is 0 Å². The number of hydrogen-bond acceptors (Lipinski definition) is 6. The summed E-state index contributed by atoms with van der Waals surface area (Å²) in [7, 11) is -2.38. The second-order valence-corrected chi connectivity index (χ2v) is 11.1. The summed E-state index contributed by atoms with van der Waals surface area (Å²) < 4.78 is 32.9. The minimum absolute atomic E-state index is 0.0355. The highest BCUT2D eigenvalue weighted by molar-refractivity contribution is 7.89. The topological polar surface area (TPSA) is 119 Å². The average Bonchev–Trinajstić information content (AvgIpc) is 3.37. The summed E-state index contributed by atoms with van der Waals surface area (Å²) in [5.41, 5.74) is 7.13. The number of nitrogens with zero attached hydrogens (tertiary/aromatic N) is 1. The fourth-order valence-electron chi connectivity index (χ4n) is 4.35. The van der Waals surface area contributed by atoms with Crippen molar-refractivity contribution in [3.05, 3.63) is 39.8 Å². The molecule has 1 aliphatic carbocycles.